The molecule has 2 amide bonds. The van der Waals surface area contributed by atoms with Gasteiger partial charge in [-0.1, -0.05) is 6.92 Å². The third kappa shape index (κ3) is 5.46. The van der Waals surface area contributed by atoms with E-state index in [4.69, 9.17) is 5.11 Å². The average molecular weight is 292 g/mol. The molecule has 110 valence electrons. The van der Waals surface area contributed by atoms with Gasteiger partial charge >= 0.3 is 12.0 Å². The highest BCUT2D eigenvalue weighted by molar-refractivity contribution is 7.92. The molecule has 1 aliphatic heterocycles. The number of carboxylic acids is 1. The Morgan fingerprint density at radius 3 is 2.58 bits per heavy atom. The number of rotatable bonds is 6. The van der Waals surface area contributed by atoms with Gasteiger partial charge in [-0.25, -0.2) is 13.2 Å². The van der Waals surface area contributed by atoms with E-state index >= 15 is 0 Å². The fourth-order valence-electron chi connectivity index (χ4n) is 1.99. The summed E-state index contributed by atoms with van der Waals surface area (Å²) >= 11 is 0. The van der Waals surface area contributed by atoms with Gasteiger partial charge in [0, 0.05) is 19.5 Å². The number of carboxylic acid groups (broad SMARTS) is 1. The predicted octanol–water partition coefficient (Wildman–Crippen LogP) is -0.0264. The highest BCUT2D eigenvalue weighted by Gasteiger charge is 2.31. The molecule has 0 bridgehead atoms. The second-order valence-electron chi connectivity index (χ2n) is 4.93. The van der Waals surface area contributed by atoms with Crippen LogP contribution in [0.5, 0.6) is 0 Å². The van der Waals surface area contributed by atoms with E-state index < -0.39 is 27.1 Å². The Morgan fingerprint density at radius 2 is 2.05 bits per heavy atom. The minimum absolute atomic E-state index is 0.0166. The van der Waals surface area contributed by atoms with Crippen molar-refractivity contribution in [2.75, 3.05) is 18.8 Å². The Morgan fingerprint density at radius 1 is 1.37 bits per heavy atom. The van der Waals surface area contributed by atoms with Gasteiger partial charge in [-0.15, -0.1) is 0 Å². The van der Waals surface area contributed by atoms with E-state index in [1.165, 1.54) is 0 Å². The lowest BCUT2D eigenvalue weighted by atomic mass is 10.1. The van der Waals surface area contributed by atoms with Crippen molar-refractivity contribution >= 4 is 21.8 Å². The Balaban J connectivity index is 2.23. The Hall–Kier alpha value is -1.31. The average Bonchev–Trinajstić information content (AvgIpc) is 2.62. The summed E-state index contributed by atoms with van der Waals surface area (Å²) in [5.74, 6) is -0.887. The van der Waals surface area contributed by atoms with Crippen LogP contribution in [0.1, 0.15) is 26.2 Å². The van der Waals surface area contributed by atoms with Gasteiger partial charge < -0.3 is 15.7 Å². The molecular formula is C11H20N2O5S. The molecule has 0 saturated carbocycles. The van der Waals surface area contributed by atoms with Crippen molar-refractivity contribution in [3.8, 4) is 0 Å². The molecule has 3 N–H and O–H groups in total. The number of carbonyl (C=O) groups is 2. The molecule has 19 heavy (non-hydrogen) atoms. The molecular weight excluding hydrogens is 272 g/mol. The Bertz CT molecular complexity index is 434. The maximum atomic E-state index is 11.5. The second-order valence-corrected chi connectivity index (χ2v) is 7.33. The van der Waals surface area contributed by atoms with Crippen molar-refractivity contribution in [2.24, 2.45) is 5.92 Å². The highest BCUT2D eigenvalue weighted by atomic mass is 32.2. The molecule has 2 atom stereocenters. The first kappa shape index (κ1) is 15.7. The van der Waals surface area contributed by atoms with Crippen LogP contribution in [0.3, 0.4) is 0 Å². The normalized spacial score (nSPS) is 22.7. The molecule has 0 aromatic rings. The van der Waals surface area contributed by atoms with Crippen LogP contribution in [0.4, 0.5) is 4.79 Å². The van der Waals surface area contributed by atoms with E-state index in [1.807, 2.05) is 0 Å². The molecule has 7 nitrogen and oxygen atoms in total. The van der Waals surface area contributed by atoms with Crippen LogP contribution in [0.15, 0.2) is 0 Å². The fraction of sp³-hybridized carbons (Fsp3) is 0.818. The summed E-state index contributed by atoms with van der Waals surface area (Å²) in [6.45, 7) is 2.08. The molecule has 0 aromatic heterocycles. The lowest BCUT2D eigenvalue weighted by Crippen LogP contribution is -2.42. The standard InChI is InChI=1S/C11H20N2O5S/c1-8(5-10(14)15)6-12-11(16)13-7-9-3-2-4-19(9,17)18/h8-9H,2-7H2,1H3,(H,14,15)(H2,12,13,16). The SMILES string of the molecule is CC(CNC(=O)NCC1CCCS1(=O)=O)CC(=O)O. The first-order valence-corrected chi connectivity index (χ1v) is 7.98. The smallest absolute Gasteiger partial charge is 0.314 e. The number of hydrogen-bond acceptors (Lipinski definition) is 4. The van der Waals surface area contributed by atoms with Crippen LogP contribution < -0.4 is 10.6 Å². The van der Waals surface area contributed by atoms with E-state index in [2.05, 4.69) is 10.6 Å². The van der Waals surface area contributed by atoms with Gasteiger partial charge in [0.1, 0.15) is 0 Å². The zero-order valence-electron chi connectivity index (χ0n) is 10.9. The van der Waals surface area contributed by atoms with Gasteiger partial charge in [0.15, 0.2) is 9.84 Å². The summed E-state index contributed by atoms with van der Waals surface area (Å²) < 4.78 is 23.0. The predicted molar refractivity (Wildman–Crippen MR) is 69.6 cm³/mol. The van der Waals surface area contributed by atoms with Crippen molar-refractivity contribution in [1.29, 1.82) is 0 Å². The molecule has 0 aromatic carbocycles. The first-order valence-electron chi connectivity index (χ1n) is 6.26. The van der Waals surface area contributed by atoms with Crippen LogP contribution in [-0.2, 0) is 14.6 Å². The number of sulfone groups is 1. The molecule has 0 radical (unpaired) electrons. The highest BCUT2D eigenvalue weighted by Crippen LogP contribution is 2.18. The molecule has 2 unspecified atom stereocenters. The van der Waals surface area contributed by atoms with E-state index in [0.29, 0.717) is 12.8 Å². The van der Waals surface area contributed by atoms with E-state index in [0.717, 1.165) is 0 Å². The summed E-state index contributed by atoms with van der Waals surface area (Å²) in [6.07, 6.45) is 1.21. The lowest BCUT2D eigenvalue weighted by Gasteiger charge is -2.13. The maximum Gasteiger partial charge on any atom is 0.314 e. The zero-order chi connectivity index (χ0) is 14.5. The third-order valence-corrected chi connectivity index (χ3v) is 5.36. The number of nitrogens with one attached hydrogen (secondary N) is 2. The monoisotopic (exact) mass is 292 g/mol. The van der Waals surface area contributed by atoms with Gasteiger partial charge in [0.2, 0.25) is 0 Å². The van der Waals surface area contributed by atoms with Crippen molar-refractivity contribution in [2.45, 2.75) is 31.4 Å². The fourth-order valence-corrected chi connectivity index (χ4v) is 3.76. The van der Waals surface area contributed by atoms with Gasteiger partial charge in [0.25, 0.3) is 0 Å². The number of carbonyl (C=O) groups excluding carboxylic acids is 1. The number of aliphatic carboxylic acids is 1. The number of amides is 2. The van der Waals surface area contributed by atoms with Gasteiger partial charge in [-0.3, -0.25) is 4.79 Å². The molecule has 1 fully saturated rings. The molecule has 1 heterocycles. The Labute approximate surface area is 112 Å². The topological polar surface area (TPSA) is 113 Å². The van der Waals surface area contributed by atoms with Crippen molar-refractivity contribution in [3.63, 3.8) is 0 Å². The molecule has 0 spiro atoms. The van der Waals surface area contributed by atoms with Gasteiger partial charge in [-0.2, -0.15) is 0 Å². The molecule has 1 saturated heterocycles. The van der Waals surface area contributed by atoms with Crippen LogP contribution in [-0.4, -0.2) is 49.6 Å². The molecule has 0 aliphatic carbocycles. The summed E-state index contributed by atoms with van der Waals surface area (Å²) in [5.41, 5.74) is 0. The summed E-state index contributed by atoms with van der Waals surface area (Å²) in [5, 5.41) is 13.1. The first-order chi connectivity index (χ1) is 8.81. The van der Waals surface area contributed by atoms with Gasteiger partial charge in [-0.05, 0) is 18.8 Å². The Kier molecular flexibility index (Phi) is 5.59. The van der Waals surface area contributed by atoms with Crippen LogP contribution in [0, 0.1) is 5.92 Å². The zero-order valence-corrected chi connectivity index (χ0v) is 11.7. The molecule has 1 rings (SSSR count). The minimum atomic E-state index is -3.05. The molecule has 1 aliphatic rings. The van der Waals surface area contributed by atoms with Gasteiger partial charge in [0.05, 0.1) is 11.0 Å². The van der Waals surface area contributed by atoms with E-state index in [1.54, 1.807) is 6.92 Å². The molecule has 8 heteroatoms. The summed E-state index contributed by atoms with van der Waals surface area (Å²) in [4.78, 5) is 21.9. The van der Waals surface area contributed by atoms with Crippen molar-refractivity contribution in [3.05, 3.63) is 0 Å². The maximum absolute atomic E-state index is 11.5. The van der Waals surface area contributed by atoms with Crippen molar-refractivity contribution in [1.82, 2.24) is 10.6 Å². The quantitative estimate of drug-likeness (QED) is 0.636. The third-order valence-electron chi connectivity index (χ3n) is 3.09. The summed E-state index contributed by atoms with van der Waals surface area (Å²) in [7, 11) is -3.05. The van der Waals surface area contributed by atoms with Crippen LogP contribution in [0.25, 0.3) is 0 Å². The van der Waals surface area contributed by atoms with E-state index in [9.17, 15) is 18.0 Å². The second kappa shape index (κ2) is 6.74. The minimum Gasteiger partial charge on any atom is -0.481 e. The number of urea groups is 1. The van der Waals surface area contributed by atoms with E-state index in [-0.39, 0.29) is 31.2 Å². The lowest BCUT2D eigenvalue weighted by molar-refractivity contribution is -0.137. The largest absolute Gasteiger partial charge is 0.481 e. The van der Waals surface area contributed by atoms with Crippen molar-refractivity contribution < 1.29 is 23.1 Å². The van der Waals surface area contributed by atoms with Crippen LogP contribution >= 0.6 is 0 Å². The van der Waals surface area contributed by atoms with Crippen LogP contribution in [0.2, 0.25) is 0 Å². The number of hydrogen-bond donors (Lipinski definition) is 3. The summed E-state index contributed by atoms with van der Waals surface area (Å²) in [6, 6.07) is -0.459.